The topological polar surface area (TPSA) is 38.1 Å². The van der Waals surface area contributed by atoms with Crippen molar-refractivity contribution in [3.63, 3.8) is 0 Å². The highest BCUT2D eigenvalue weighted by Crippen LogP contribution is 2.26. The molecule has 0 N–H and O–H groups in total. The minimum atomic E-state index is 0.563. The lowest BCUT2D eigenvalue weighted by Crippen LogP contribution is -2.12. The van der Waals surface area contributed by atoms with E-state index in [-0.39, 0.29) is 0 Å². The van der Waals surface area contributed by atoms with Gasteiger partial charge in [-0.3, -0.25) is 9.69 Å². The number of nitrogens with zero attached hydrogens (tertiary/aromatic N) is 3. The summed E-state index contributed by atoms with van der Waals surface area (Å²) in [6, 6.07) is 9.92. The Kier molecular flexibility index (Phi) is 2.30. The second kappa shape index (κ2) is 3.82. The molecule has 0 spiro atoms. The molecule has 86 valence electrons. The summed E-state index contributed by atoms with van der Waals surface area (Å²) in [5.74, 6) is 0. The first kappa shape index (κ1) is 10.2. The smallest absolute Gasteiger partial charge is 0.170 e. The number of aldehydes is 1. The van der Waals surface area contributed by atoms with E-state index in [9.17, 15) is 4.79 Å². The van der Waals surface area contributed by atoms with Crippen molar-refractivity contribution in [2.45, 2.75) is 13.1 Å². The molecule has 1 aromatic carbocycles. The maximum atomic E-state index is 11.0. The zero-order valence-corrected chi connectivity index (χ0v) is 9.63. The van der Waals surface area contributed by atoms with Crippen LogP contribution in [0.15, 0.2) is 30.3 Å². The molecule has 1 aromatic heterocycles. The molecule has 0 amide bonds. The average Bonchev–Trinajstić information content (AvgIpc) is 2.87. The number of para-hydroxylation sites is 1. The van der Waals surface area contributed by atoms with Crippen LogP contribution < -0.4 is 0 Å². The van der Waals surface area contributed by atoms with Gasteiger partial charge in [0, 0.05) is 18.7 Å². The summed E-state index contributed by atoms with van der Waals surface area (Å²) >= 11 is 0. The number of carbonyl (C=O) groups is 1. The van der Waals surface area contributed by atoms with Gasteiger partial charge in [0.05, 0.1) is 11.4 Å². The van der Waals surface area contributed by atoms with E-state index in [1.165, 1.54) is 0 Å². The van der Waals surface area contributed by atoms with Gasteiger partial charge in [-0.05, 0) is 19.2 Å². The van der Waals surface area contributed by atoms with Crippen molar-refractivity contribution in [3.8, 4) is 5.69 Å². The van der Waals surface area contributed by atoms with Crippen molar-refractivity contribution in [1.82, 2.24) is 14.7 Å². The predicted molar refractivity (Wildman–Crippen MR) is 64.1 cm³/mol. The molecule has 1 aliphatic rings. The number of aromatic nitrogens is 2. The van der Waals surface area contributed by atoms with Crippen LogP contribution in [-0.4, -0.2) is 28.0 Å². The number of hydrogen-bond acceptors (Lipinski definition) is 3. The van der Waals surface area contributed by atoms with Gasteiger partial charge in [0.15, 0.2) is 6.29 Å². The van der Waals surface area contributed by atoms with Gasteiger partial charge in [-0.25, -0.2) is 4.68 Å². The first-order valence-electron chi connectivity index (χ1n) is 5.59. The second-order valence-corrected chi connectivity index (χ2v) is 4.35. The summed E-state index contributed by atoms with van der Waals surface area (Å²) in [7, 11) is 2.05. The highest BCUT2D eigenvalue weighted by atomic mass is 16.1. The Morgan fingerprint density at radius 2 is 2.00 bits per heavy atom. The quantitative estimate of drug-likeness (QED) is 0.732. The third kappa shape index (κ3) is 1.57. The van der Waals surface area contributed by atoms with E-state index in [1.807, 2.05) is 42.1 Å². The Balaban J connectivity index is 2.16. The molecule has 0 bridgehead atoms. The molecule has 2 aromatic rings. The lowest BCUT2D eigenvalue weighted by Gasteiger charge is -2.08. The standard InChI is InChI=1S/C13H13N3O/c1-15-7-11-12(9-17)14-16(13(11)8-15)10-5-3-2-4-6-10/h2-6,9H,7-8H2,1H3. The molecule has 1 aliphatic heterocycles. The van der Waals surface area contributed by atoms with Crippen molar-refractivity contribution < 1.29 is 4.79 Å². The molecule has 0 saturated carbocycles. The Morgan fingerprint density at radius 1 is 1.24 bits per heavy atom. The summed E-state index contributed by atoms with van der Waals surface area (Å²) in [5, 5.41) is 4.38. The molecule has 0 fully saturated rings. The highest BCUT2D eigenvalue weighted by Gasteiger charge is 2.25. The van der Waals surface area contributed by atoms with Gasteiger partial charge in [0.2, 0.25) is 0 Å². The van der Waals surface area contributed by atoms with E-state index in [0.29, 0.717) is 5.69 Å². The maximum absolute atomic E-state index is 11.0. The van der Waals surface area contributed by atoms with E-state index in [1.54, 1.807) is 0 Å². The van der Waals surface area contributed by atoms with Crippen LogP contribution in [0.4, 0.5) is 0 Å². The van der Waals surface area contributed by atoms with Crippen LogP contribution in [-0.2, 0) is 13.1 Å². The van der Waals surface area contributed by atoms with E-state index in [0.717, 1.165) is 36.3 Å². The Morgan fingerprint density at radius 3 is 2.71 bits per heavy atom. The van der Waals surface area contributed by atoms with Gasteiger partial charge in [0.25, 0.3) is 0 Å². The normalized spacial score (nSPS) is 14.9. The lowest BCUT2D eigenvalue weighted by atomic mass is 10.2. The molecule has 0 aliphatic carbocycles. The summed E-state index contributed by atoms with van der Waals surface area (Å²) in [6.07, 6.45) is 0.845. The first-order valence-corrected chi connectivity index (χ1v) is 5.59. The first-order chi connectivity index (χ1) is 8.29. The van der Waals surface area contributed by atoms with Gasteiger partial charge in [-0.2, -0.15) is 5.10 Å². The van der Waals surface area contributed by atoms with Crippen molar-refractivity contribution >= 4 is 6.29 Å². The molecular formula is C13H13N3O. The third-order valence-electron chi connectivity index (χ3n) is 3.08. The van der Waals surface area contributed by atoms with E-state index in [4.69, 9.17) is 0 Å². The summed E-state index contributed by atoms with van der Waals surface area (Å²) in [5.41, 5.74) is 3.76. The molecule has 2 heterocycles. The minimum absolute atomic E-state index is 0.563. The Labute approximate surface area is 99.5 Å². The van der Waals surface area contributed by atoms with Gasteiger partial charge in [-0.1, -0.05) is 18.2 Å². The fraction of sp³-hybridized carbons (Fsp3) is 0.231. The number of carbonyl (C=O) groups excluding carboxylic acids is 1. The van der Waals surface area contributed by atoms with Gasteiger partial charge >= 0.3 is 0 Å². The molecule has 17 heavy (non-hydrogen) atoms. The Bertz CT molecular complexity index is 560. The fourth-order valence-electron chi connectivity index (χ4n) is 2.30. The average molecular weight is 227 g/mol. The van der Waals surface area contributed by atoms with Crippen LogP contribution in [0.5, 0.6) is 0 Å². The van der Waals surface area contributed by atoms with Gasteiger partial charge < -0.3 is 0 Å². The summed E-state index contributed by atoms with van der Waals surface area (Å²) < 4.78 is 1.88. The lowest BCUT2D eigenvalue weighted by molar-refractivity contribution is 0.111. The van der Waals surface area contributed by atoms with E-state index >= 15 is 0 Å². The molecule has 3 rings (SSSR count). The molecule has 0 unspecified atom stereocenters. The highest BCUT2D eigenvalue weighted by molar-refractivity contribution is 5.75. The van der Waals surface area contributed by atoms with Crippen molar-refractivity contribution in [2.24, 2.45) is 0 Å². The second-order valence-electron chi connectivity index (χ2n) is 4.35. The van der Waals surface area contributed by atoms with Crippen LogP contribution in [0.1, 0.15) is 21.7 Å². The molecule has 4 nitrogen and oxygen atoms in total. The van der Waals surface area contributed by atoms with E-state index in [2.05, 4.69) is 10.00 Å². The molecule has 0 radical (unpaired) electrons. The molecule has 0 atom stereocenters. The van der Waals surface area contributed by atoms with Crippen molar-refractivity contribution in [3.05, 3.63) is 47.3 Å². The van der Waals surface area contributed by atoms with Crippen LogP contribution in [0.25, 0.3) is 5.69 Å². The largest absolute Gasteiger partial charge is 0.296 e. The predicted octanol–water partition coefficient (Wildman–Crippen LogP) is 1.63. The monoisotopic (exact) mass is 227 g/mol. The summed E-state index contributed by atoms with van der Waals surface area (Å²) in [6.45, 7) is 1.64. The third-order valence-corrected chi connectivity index (χ3v) is 3.08. The van der Waals surface area contributed by atoms with Crippen LogP contribution >= 0.6 is 0 Å². The van der Waals surface area contributed by atoms with Crippen molar-refractivity contribution in [1.29, 1.82) is 0 Å². The number of fused-ring (bicyclic) bond motifs is 1. The number of hydrogen-bond donors (Lipinski definition) is 0. The SMILES string of the molecule is CN1Cc2c(C=O)nn(-c3ccccc3)c2C1. The number of benzene rings is 1. The number of rotatable bonds is 2. The van der Waals surface area contributed by atoms with Gasteiger partial charge in [-0.15, -0.1) is 0 Å². The minimum Gasteiger partial charge on any atom is -0.296 e. The van der Waals surface area contributed by atoms with Crippen LogP contribution in [0, 0.1) is 0 Å². The molecule has 0 saturated heterocycles. The molecular weight excluding hydrogens is 214 g/mol. The zero-order valence-electron chi connectivity index (χ0n) is 9.63. The maximum Gasteiger partial charge on any atom is 0.170 e. The van der Waals surface area contributed by atoms with Gasteiger partial charge in [0.1, 0.15) is 5.69 Å². The van der Waals surface area contributed by atoms with Crippen molar-refractivity contribution in [2.75, 3.05) is 7.05 Å². The van der Waals surface area contributed by atoms with E-state index < -0.39 is 0 Å². The molecule has 4 heteroatoms. The summed E-state index contributed by atoms with van der Waals surface area (Å²) in [4.78, 5) is 13.2. The Hall–Kier alpha value is -1.94. The van der Waals surface area contributed by atoms with Crippen LogP contribution in [0.3, 0.4) is 0 Å². The fourth-order valence-corrected chi connectivity index (χ4v) is 2.30. The zero-order chi connectivity index (χ0) is 11.8. The van der Waals surface area contributed by atoms with Crippen LogP contribution in [0.2, 0.25) is 0 Å².